The second-order valence-electron chi connectivity index (χ2n) is 9.51. The predicted molar refractivity (Wildman–Crippen MR) is 160 cm³/mol. The van der Waals surface area contributed by atoms with Crippen molar-refractivity contribution >= 4 is 61.8 Å². The monoisotopic (exact) mass is 549 g/mol. The Labute approximate surface area is 234 Å². The maximum Gasteiger partial charge on any atom is 0.275 e. The smallest absolute Gasteiger partial charge is 0.275 e. The van der Waals surface area contributed by atoms with Gasteiger partial charge in [0.25, 0.3) is 11.8 Å². The largest absolute Gasteiger partial charge is 0.489 e. The number of nitrogens with two attached hydrogens (primary N) is 1. The van der Waals surface area contributed by atoms with Gasteiger partial charge >= 0.3 is 0 Å². The summed E-state index contributed by atoms with van der Waals surface area (Å²) < 4.78 is 9.86. The van der Waals surface area contributed by atoms with E-state index >= 15 is 0 Å². The number of aryl methyl sites for hydroxylation is 1. The fourth-order valence-electron chi connectivity index (χ4n) is 5.12. The van der Waals surface area contributed by atoms with Gasteiger partial charge in [0.15, 0.2) is 5.17 Å². The molecule has 9 heteroatoms. The van der Waals surface area contributed by atoms with Crippen molar-refractivity contribution in [3.8, 4) is 5.75 Å². The lowest BCUT2D eigenvalue weighted by Crippen LogP contribution is -2.23. The fraction of sp³-hybridized carbons (Fsp3) is 0.129. The Morgan fingerprint density at radius 2 is 1.75 bits per heavy atom. The van der Waals surface area contributed by atoms with E-state index in [1.807, 2.05) is 91.3 Å². The van der Waals surface area contributed by atoms with Crippen LogP contribution in [0.5, 0.6) is 5.75 Å². The number of carbonyl (C=O) groups excluding carboxylic acids is 2. The molecule has 0 fully saturated rings. The van der Waals surface area contributed by atoms with Crippen molar-refractivity contribution in [2.75, 3.05) is 5.75 Å². The molecule has 0 unspecified atom stereocenters. The molecule has 0 saturated carbocycles. The second-order valence-corrected chi connectivity index (χ2v) is 10.6. The van der Waals surface area contributed by atoms with Gasteiger partial charge in [0, 0.05) is 46.5 Å². The summed E-state index contributed by atoms with van der Waals surface area (Å²) in [4.78, 5) is 26.4. The summed E-state index contributed by atoms with van der Waals surface area (Å²) in [5.41, 5.74) is 9.68. The number of aromatic nitrogens is 2. The topological polar surface area (TPSA) is 115 Å². The first-order chi connectivity index (χ1) is 19.5. The van der Waals surface area contributed by atoms with Gasteiger partial charge in [0.1, 0.15) is 18.1 Å². The zero-order valence-corrected chi connectivity index (χ0v) is 22.4. The average Bonchev–Trinajstić information content (AvgIpc) is 3.62. The minimum absolute atomic E-state index is 0.0998. The van der Waals surface area contributed by atoms with Crippen molar-refractivity contribution in [2.24, 2.45) is 5.73 Å². The molecule has 3 aromatic carbocycles. The van der Waals surface area contributed by atoms with Gasteiger partial charge in [-0.3, -0.25) is 20.3 Å². The molecule has 2 aromatic heterocycles. The van der Waals surface area contributed by atoms with Crippen LogP contribution < -0.4 is 15.8 Å². The van der Waals surface area contributed by atoms with E-state index in [2.05, 4.69) is 9.88 Å². The predicted octanol–water partition coefficient (Wildman–Crippen LogP) is 5.22. The summed E-state index contributed by atoms with van der Waals surface area (Å²) in [7, 11) is 0. The lowest BCUT2D eigenvalue weighted by molar-refractivity contribution is -0.122. The van der Waals surface area contributed by atoms with Crippen molar-refractivity contribution in [1.82, 2.24) is 14.5 Å². The number of hydrogen-bond acceptors (Lipinski definition) is 5. The molecule has 6 rings (SSSR count). The van der Waals surface area contributed by atoms with Crippen molar-refractivity contribution in [1.29, 1.82) is 5.41 Å². The van der Waals surface area contributed by atoms with Crippen LogP contribution in [0.1, 0.15) is 17.5 Å². The van der Waals surface area contributed by atoms with Crippen LogP contribution in [0.3, 0.4) is 0 Å². The third-order valence-electron chi connectivity index (χ3n) is 6.92. The Hall–Kier alpha value is -4.76. The summed E-state index contributed by atoms with van der Waals surface area (Å²) in [6.45, 7) is 1.15. The van der Waals surface area contributed by atoms with Crippen molar-refractivity contribution in [3.05, 3.63) is 102 Å². The molecule has 0 saturated heterocycles. The van der Waals surface area contributed by atoms with E-state index in [0.29, 0.717) is 30.0 Å². The highest BCUT2D eigenvalue weighted by Crippen LogP contribution is 2.36. The molecular formula is C31H27N5O3S. The summed E-state index contributed by atoms with van der Waals surface area (Å²) >= 11 is 1.31. The first-order valence-corrected chi connectivity index (χ1v) is 13.9. The number of ether oxygens (including phenoxy) is 1. The standard InChI is InChI=1S/C31H27N5O3S/c32-31(33)40-16-6-14-35-18-24(23-9-4-5-10-26(23)35)27-28(30(38)34-29(27)37)36-15-13-21-17-22(11-12-25(21)36)39-19-20-7-2-1-3-8-20/h1-5,7-13,15,17-18H,6,14,16,19H2,(H3,32,33)(H,34,37,38). The van der Waals surface area contributed by atoms with E-state index in [1.54, 1.807) is 4.57 Å². The van der Waals surface area contributed by atoms with Crippen LogP contribution in [0.2, 0.25) is 0 Å². The van der Waals surface area contributed by atoms with E-state index in [-0.39, 0.29) is 5.17 Å². The van der Waals surface area contributed by atoms with Gasteiger partial charge in [0.05, 0.1) is 11.1 Å². The number of amides is 2. The molecule has 4 N–H and O–H groups in total. The molecule has 1 aliphatic rings. The third kappa shape index (κ3) is 4.87. The van der Waals surface area contributed by atoms with Gasteiger partial charge < -0.3 is 19.6 Å². The van der Waals surface area contributed by atoms with Crippen LogP contribution in [0.25, 0.3) is 33.1 Å². The average molecular weight is 550 g/mol. The summed E-state index contributed by atoms with van der Waals surface area (Å²) in [5.74, 6) is 0.591. The molecule has 0 aliphatic carbocycles. The number of imide groups is 1. The highest BCUT2D eigenvalue weighted by atomic mass is 32.2. The van der Waals surface area contributed by atoms with E-state index in [0.717, 1.165) is 45.3 Å². The van der Waals surface area contributed by atoms with Gasteiger partial charge in [-0.2, -0.15) is 0 Å². The second kappa shape index (κ2) is 10.8. The quantitative estimate of drug-likeness (QED) is 0.101. The van der Waals surface area contributed by atoms with Crippen molar-refractivity contribution in [3.63, 3.8) is 0 Å². The number of nitrogens with one attached hydrogen (secondary N) is 2. The number of fused-ring (bicyclic) bond motifs is 2. The molecule has 0 spiro atoms. The number of benzene rings is 3. The van der Waals surface area contributed by atoms with E-state index in [9.17, 15) is 9.59 Å². The number of amidine groups is 1. The van der Waals surface area contributed by atoms with Crippen LogP contribution in [-0.4, -0.2) is 31.9 Å². The SMILES string of the molecule is N=C(N)SCCCn1cc(C2=C(n3ccc4cc(OCc5ccccc5)ccc43)C(=O)NC2=O)c2ccccc21. The first-order valence-electron chi connectivity index (χ1n) is 12.9. The molecule has 5 aromatic rings. The lowest BCUT2D eigenvalue weighted by Gasteiger charge is -2.09. The number of rotatable bonds is 9. The minimum Gasteiger partial charge on any atom is -0.489 e. The molecule has 0 radical (unpaired) electrons. The number of carbonyl (C=O) groups is 2. The third-order valence-corrected chi connectivity index (χ3v) is 7.72. The normalized spacial score (nSPS) is 13.4. The Morgan fingerprint density at radius 3 is 2.58 bits per heavy atom. The molecule has 8 nitrogen and oxygen atoms in total. The molecule has 0 bridgehead atoms. The zero-order valence-electron chi connectivity index (χ0n) is 21.6. The Balaban J connectivity index is 1.37. The van der Waals surface area contributed by atoms with E-state index in [1.165, 1.54) is 11.8 Å². The molecule has 200 valence electrons. The molecule has 3 heterocycles. The number of thioether (sulfide) groups is 1. The number of para-hydroxylation sites is 1. The Bertz CT molecular complexity index is 1800. The summed E-state index contributed by atoms with van der Waals surface area (Å²) in [6.07, 6.45) is 4.56. The summed E-state index contributed by atoms with van der Waals surface area (Å²) in [5, 5.41) is 11.8. The highest BCUT2D eigenvalue weighted by Gasteiger charge is 2.34. The van der Waals surface area contributed by atoms with Crippen LogP contribution in [-0.2, 0) is 22.7 Å². The Morgan fingerprint density at radius 1 is 0.950 bits per heavy atom. The number of hydrogen-bond donors (Lipinski definition) is 3. The van der Waals surface area contributed by atoms with Crippen molar-refractivity contribution in [2.45, 2.75) is 19.6 Å². The van der Waals surface area contributed by atoms with Crippen LogP contribution in [0.15, 0.2) is 91.3 Å². The number of nitrogens with zero attached hydrogens (tertiary/aromatic N) is 2. The van der Waals surface area contributed by atoms with E-state index in [4.69, 9.17) is 15.9 Å². The van der Waals surface area contributed by atoms with Gasteiger partial charge in [-0.25, -0.2) is 0 Å². The van der Waals surface area contributed by atoms with Crippen LogP contribution in [0.4, 0.5) is 0 Å². The highest BCUT2D eigenvalue weighted by molar-refractivity contribution is 8.13. The Kier molecular flexibility index (Phi) is 6.88. The van der Waals surface area contributed by atoms with Gasteiger partial charge in [-0.1, -0.05) is 60.3 Å². The molecule has 1 aliphatic heterocycles. The van der Waals surface area contributed by atoms with Crippen LogP contribution >= 0.6 is 11.8 Å². The molecule has 2 amide bonds. The maximum atomic E-state index is 13.2. The minimum atomic E-state index is -0.434. The molecule has 0 atom stereocenters. The molecular weight excluding hydrogens is 522 g/mol. The van der Waals surface area contributed by atoms with Crippen molar-refractivity contribution < 1.29 is 14.3 Å². The van der Waals surface area contributed by atoms with Crippen LogP contribution in [0, 0.1) is 5.41 Å². The zero-order chi connectivity index (χ0) is 27.6. The first kappa shape index (κ1) is 25.5. The van der Waals surface area contributed by atoms with Gasteiger partial charge in [-0.15, -0.1) is 0 Å². The maximum absolute atomic E-state index is 13.2. The van der Waals surface area contributed by atoms with Gasteiger partial charge in [-0.05, 0) is 42.3 Å². The van der Waals surface area contributed by atoms with E-state index < -0.39 is 11.8 Å². The lowest BCUT2D eigenvalue weighted by atomic mass is 10.0. The summed E-state index contributed by atoms with van der Waals surface area (Å²) in [6, 6.07) is 25.5. The van der Waals surface area contributed by atoms with Gasteiger partial charge in [0.2, 0.25) is 0 Å². The molecule has 40 heavy (non-hydrogen) atoms. The fourth-order valence-corrected chi connectivity index (χ4v) is 5.61.